The molecule has 0 saturated carbocycles. The molecule has 0 aliphatic carbocycles. The van der Waals surface area contributed by atoms with Crippen molar-refractivity contribution in [1.82, 2.24) is 0 Å². The Bertz CT molecular complexity index is 582. The molecule has 19 heavy (non-hydrogen) atoms. The van der Waals surface area contributed by atoms with E-state index < -0.39 is 10.0 Å². The molecule has 0 unspecified atom stereocenters. The number of hydrogen-bond donors (Lipinski definition) is 2. The van der Waals surface area contributed by atoms with Crippen molar-refractivity contribution >= 4 is 15.7 Å². The standard InChI is InChI=1S/C14H19NO3S/c1-3-8-19(17,18)15-14-10-12(2)9-13(11-14)6-4-5-7-16/h9-11,15-16H,3,5,7-8H2,1-2H3. The van der Waals surface area contributed by atoms with E-state index in [1.807, 2.05) is 19.9 Å². The summed E-state index contributed by atoms with van der Waals surface area (Å²) in [6.45, 7) is 3.73. The molecular weight excluding hydrogens is 262 g/mol. The van der Waals surface area contributed by atoms with Crippen LogP contribution in [0.1, 0.15) is 30.9 Å². The van der Waals surface area contributed by atoms with E-state index in [1.54, 1.807) is 12.1 Å². The Kier molecular flexibility index (Phi) is 5.87. The van der Waals surface area contributed by atoms with Crippen LogP contribution >= 0.6 is 0 Å². The highest BCUT2D eigenvalue weighted by Gasteiger charge is 2.09. The van der Waals surface area contributed by atoms with Gasteiger partial charge in [0.1, 0.15) is 0 Å². The van der Waals surface area contributed by atoms with Gasteiger partial charge in [-0.25, -0.2) is 8.42 Å². The van der Waals surface area contributed by atoms with Gasteiger partial charge in [-0.1, -0.05) is 18.8 Å². The molecule has 4 nitrogen and oxygen atoms in total. The Balaban J connectivity index is 2.95. The summed E-state index contributed by atoms with van der Waals surface area (Å²) in [5, 5.41) is 8.67. The second-order valence-corrected chi connectivity index (χ2v) is 6.13. The van der Waals surface area contributed by atoms with Gasteiger partial charge in [-0.05, 0) is 37.1 Å². The molecule has 104 valence electrons. The minimum absolute atomic E-state index is 0.0226. The van der Waals surface area contributed by atoms with Crippen LogP contribution in [0.3, 0.4) is 0 Å². The summed E-state index contributed by atoms with van der Waals surface area (Å²) in [7, 11) is -3.28. The van der Waals surface area contributed by atoms with Crippen molar-refractivity contribution in [2.45, 2.75) is 26.7 Å². The van der Waals surface area contributed by atoms with E-state index in [9.17, 15) is 8.42 Å². The number of benzene rings is 1. The molecule has 0 atom stereocenters. The minimum atomic E-state index is -3.28. The van der Waals surface area contributed by atoms with Crippen LogP contribution in [0, 0.1) is 18.8 Å². The van der Waals surface area contributed by atoms with Gasteiger partial charge < -0.3 is 5.11 Å². The lowest BCUT2D eigenvalue weighted by Crippen LogP contribution is -2.16. The lowest BCUT2D eigenvalue weighted by molar-refractivity contribution is 0.305. The van der Waals surface area contributed by atoms with Gasteiger partial charge in [0.2, 0.25) is 10.0 Å². The highest BCUT2D eigenvalue weighted by atomic mass is 32.2. The minimum Gasteiger partial charge on any atom is -0.395 e. The van der Waals surface area contributed by atoms with Crippen LogP contribution in [0.4, 0.5) is 5.69 Å². The summed E-state index contributed by atoms with van der Waals surface area (Å²) in [6, 6.07) is 5.34. The van der Waals surface area contributed by atoms with Gasteiger partial charge in [0.05, 0.1) is 12.4 Å². The van der Waals surface area contributed by atoms with Gasteiger partial charge in [-0.2, -0.15) is 0 Å². The van der Waals surface area contributed by atoms with E-state index >= 15 is 0 Å². The molecule has 0 bridgehead atoms. The van der Waals surface area contributed by atoms with Crippen molar-refractivity contribution in [3.63, 3.8) is 0 Å². The number of aryl methyl sites for hydroxylation is 1. The van der Waals surface area contributed by atoms with Crippen LogP contribution in [0.25, 0.3) is 0 Å². The van der Waals surface area contributed by atoms with E-state index in [-0.39, 0.29) is 12.4 Å². The molecular formula is C14H19NO3S. The van der Waals surface area contributed by atoms with Crippen molar-refractivity contribution in [1.29, 1.82) is 0 Å². The van der Waals surface area contributed by atoms with Gasteiger partial charge in [-0.3, -0.25) is 4.72 Å². The van der Waals surface area contributed by atoms with Crippen LogP contribution in [-0.2, 0) is 10.0 Å². The molecule has 1 rings (SSSR count). The Labute approximate surface area is 114 Å². The van der Waals surface area contributed by atoms with Crippen molar-refractivity contribution in [2.75, 3.05) is 17.1 Å². The Morgan fingerprint density at radius 1 is 1.32 bits per heavy atom. The van der Waals surface area contributed by atoms with E-state index in [0.29, 0.717) is 18.5 Å². The predicted octanol–water partition coefficient (Wildman–Crippen LogP) is 1.88. The van der Waals surface area contributed by atoms with Crippen molar-refractivity contribution in [3.8, 4) is 11.8 Å². The van der Waals surface area contributed by atoms with Crippen LogP contribution in [0.15, 0.2) is 18.2 Å². The smallest absolute Gasteiger partial charge is 0.232 e. The third-order valence-corrected chi connectivity index (χ3v) is 3.79. The van der Waals surface area contributed by atoms with Crippen molar-refractivity contribution < 1.29 is 13.5 Å². The number of anilines is 1. The Morgan fingerprint density at radius 2 is 2.05 bits per heavy atom. The molecule has 0 fully saturated rings. The zero-order valence-electron chi connectivity index (χ0n) is 11.2. The topological polar surface area (TPSA) is 66.4 Å². The molecule has 0 radical (unpaired) electrons. The fraction of sp³-hybridized carbons (Fsp3) is 0.429. The SMILES string of the molecule is CCCS(=O)(=O)Nc1cc(C)cc(C#CCCO)c1. The number of hydrogen-bond acceptors (Lipinski definition) is 3. The molecule has 1 aromatic rings. The first-order valence-corrected chi connectivity index (χ1v) is 7.84. The van der Waals surface area contributed by atoms with Gasteiger partial charge in [0.25, 0.3) is 0 Å². The van der Waals surface area contributed by atoms with E-state index in [4.69, 9.17) is 5.11 Å². The van der Waals surface area contributed by atoms with Gasteiger partial charge >= 0.3 is 0 Å². The predicted molar refractivity (Wildman–Crippen MR) is 77.5 cm³/mol. The highest BCUT2D eigenvalue weighted by molar-refractivity contribution is 7.92. The first kappa shape index (κ1) is 15.5. The average molecular weight is 281 g/mol. The largest absolute Gasteiger partial charge is 0.395 e. The molecule has 2 N–H and O–H groups in total. The molecule has 0 saturated heterocycles. The Hall–Kier alpha value is -1.51. The summed E-state index contributed by atoms with van der Waals surface area (Å²) in [6.07, 6.45) is 0.981. The van der Waals surface area contributed by atoms with Crippen LogP contribution in [-0.4, -0.2) is 25.9 Å². The fourth-order valence-electron chi connectivity index (χ4n) is 1.63. The molecule has 5 heteroatoms. The van der Waals surface area contributed by atoms with Crippen LogP contribution in [0.2, 0.25) is 0 Å². The normalized spacial score (nSPS) is 10.7. The van der Waals surface area contributed by atoms with E-state index in [0.717, 1.165) is 11.1 Å². The maximum atomic E-state index is 11.7. The number of aliphatic hydroxyl groups excluding tert-OH is 1. The number of rotatable bonds is 5. The summed E-state index contributed by atoms with van der Waals surface area (Å²) < 4.78 is 26.0. The molecule has 0 aromatic heterocycles. The molecule has 0 aliphatic rings. The monoisotopic (exact) mass is 281 g/mol. The maximum absolute atomic E-state index is 11.7. The summed E-state index contributed by atoms with van der Waals surface area (Å²) in [4.78, 5) is 0. The van der Waals surface area contributed by atoms with Gasteiger partial charge in [0, 0.05) is 17.7 Å². The lowest BCUT2D eigenvalue weighted by atomic mass is 10.1. The molecule has 1 aromatic carbocycles. The summed E-state index contributed by atoms with van der Waals surface area (Å²) in [5.74, 6) is 5.82. The third-order valence-electron chi connectivity index (χ3n) is 2.29. The van der Waals surface area contributed by atoms with Gasteiger partial charge in [0.15, 0.2) is 0 Å². The van der Waals surface area contributed by atoms with Crippen molar-refractivity contribution in [3.05, 3.63) is 29.3 Å². The quantitative estimate of drug-likeness (QED) is 0.810. The number of sulfonamides is 1. The van der Waals surface area contributed by atoms with Crippen LogP contribution in [0.5, 0.6) is 0 Å². The summed E-state index contributed by atoms with van der Waals surface area (Å²) in [5.41, 5.74) is 2.20. The van der Waals surface area contributed by atoms with Crippen LogP contribution < -0.4 is 4.72 Å². The van der Waals surface area contributed by atoms with E-state index in [1.165, 1.54) is 0 Å². The third kappa shape index (κ3) is 5.77. The zero-order chi connectivity index (χ0) is 14.3. The first-order valence-electron chi connectivity index (χ1n) is 6.19. The molecule has 0 amide bonds. The number of aliphatic hydroxyl groups is 1. The summed E-state index contributed by atoms with van der Waals surface area (Å²) >= 11 is 0. The number of nitrogens with one attached hydrogen (secondary N) is 1. The molecule has 0 heterocycles. The maximum Gasteiger partial charge on any atom is 0.232 e. The van der Waals surface area contributed by atoms with E-state index in [2.05, 4.69) is 16.6 Å². The van der Waals surface area contributed by atoms with Gasteiger partial charge in [-0.15, -0.1) is 0 Å². The second-order valence-electron chi connectivity index (χ2n) is 4.28. The molecule has 0 aliphatic heterocycles. The second kappa shape index (κ2) is 7.17. The highest BCUT2D eigenvalue weighted by Crippen LogP contribution is 2.15. The lowest BCUT2D eigenvalue weighted by Gasteiger charge is -2.08. The molecule has 0 spiro atoms. The Morgan fingerprint density at radius 3 is 2.68 bits per heavy atom. The fourth-order valence-corrected chi connectivity index (χ4v) is 2.75. The average Bonchev–Trinajstić information content (AvgIpc) is 2.27. The van der Waals surface area contributed by atoms with Crippen molar-refractivity contribution in [2.24, 2.45) is 0 Å². The first-order chi connectivity index (χ1) is 8.96. The zero-order valence-corrected chi connectivity index (χ0v) is 12.0.